The molecule has 0 aliphatic carbocycles. The van der Waals surface area contributed by atoms with E-state index < -0.39 is 5.91 Å². The molecule has 0 aromatic heterocycles. The molecule has 0 radical (unpaired) electrons. The van der Waals surface area contributed by atoms with Crippen LogP contribution in [0.2, 0.25) is 5.02 Å². The van der Waals surface area contributed by atoms with Crippen LogP contribution in [0.15, 0.2) is 28.1 Å². The van der Waals surface area contributed by atoms with Gasteiger partial charge in [-0.1, -0.05) is 17.7 Å². The number of ether oxygens (including phenoxy) is 1. The molecule has 8 heteroatoms. The Bertz CT molecular complexity index is 688. The number of benzene rings is 1. The van der Waals surface area contributed by atoms with Crippen LogP contribution < -0.4 is 10.5 Å². The second kappa shape index (κ2) is 6.85. The Morgan fingerprint density at radius 1 is 1.55 bits per heavy atom. The van der Waals surface area contributed by atoms with Crippen LogP contribution in [0.25, 0.3) is 6.08 Å². The van der Waals surface area contributed by atoms with E-state index in [0.717, 1.165) is 5.56 Å². The number of halogens is 1. The van der Waals surface area contributed by atoms with Gasteiger partial charge in [0.1, 0.15) is 5.75 Å². The number of hydrogen-bond acceptors (Lipinski definition) is 5. The first-order chi connectivity index (χ1) is 10.4. The largest absolute Gasteiger partial charge is 0.482 e. The molecule has 1 aliphatic rings. The molecule has 1 aromatic carbocycles. The van der Waals surface area contributed by atoms with E-state index in [1.165, 1.54) is 16.7 Å². The van der Waals surface area contributed by atoms with Crippen LogP contribution in [0.3, 0.4) is 0 Å². The number of carbonyl (C=O) groups excluding carboxylic acids is 2. The molecule has 2 N–H and O–H groups in total. The van der Waals surface area contributed by atoms with E-state index in [-0.39, 0.29) is 12.5 Å². The lowest BCUT2D eigenvalue weighted by Crippen LogP contribution is -2.23. The van der Waals surface area contributed by atoms with Crippen LogP contribution in [-0.2, 0) is 9.59 Å². The highest BCUT2D eigenvalue weighted by atomic mass is 35.5. The Labute approximate surface area is 137 Å². The quantitative estimate of drug-likeness (QED) is 0.847. The smallest absolute Gasteiger partial charge is 0.266 e. The van der Waals surface area contributed by atoms with Crippen molar-refractivity contribution in [2.45, 2.75) is 0 Å². The summed E-state index contributed by atoms with van der Waals surface area (Å²) in [6.45, 7) is -0.240. The molecule has 1 fully saturated rings. The highest BCUT2D eigenvalue weighted by Gasteiger charge is 2.29. The van der Waals surface area contributed by atoms with Crippen molar-refractivity contribution in [3.63, 3.8) is 0 Å². The molecular formula is C14H14ClN3O3S. The number of nitrogens with zero attached hydrogens (tertiary/aromatic N) is 2. The van der Waals surface area contributed by atoms with E-state index in [2.05, 4.69) is 4.99 Å². The van der Waals surface area contributed by atoms with Crippen LogP contribution in [0, 0.1) is 0 Å². The van der Waals surface area contributed by atoms with Crippen LogP contribution >= 0.6 is 23.4 Å². The number of likely N-dealkylation sites (N-methyl/N-ethyl adjacent to an activating group) is 1. The van der Waals surface area contributed by atoms with Gasteiger partial charge >= 0.3 is 0 Å². The summed E-state index contributed by atoms with van der Waals surface area (Å²) in [6.07, 6.45) is 1.73. The van der Waals surface area contributed by atoms with Gasteiger partial charge in [-0.25, -0.2) is 0 Å². The first-order valence-electron chi connectivity index (χ1n) is 6.27. The number of rotatable bonds is 4. The van der Waals surface area contributed by atoms with Crippen molar-refractivity contribution < 1.29 is 14.3 Å². The summed E-state index contributed by atoms with van der Waals surface area (Å²) in [6, 6.07) is 5.02. The van der Waals surface area contributed by atoms with Crippen LogP contribution in [0.5, 0.6) is 5.75 Å². The molecule has 0 saturated carbocycles. The normalized spacial score (nSPS) is 18.3. The minimum absolute atomic E-state index is 0.115. The number of thioether (sulfide) groups is 1. The Morgan fingerprint density at radius 2 is 2.27 bits per heavy atom. The van der Waals surface area contributed by atoms with Gasteiger partial charge in [-0.2, -0.15) is 0 Å². The zero-order chi connectivity index (χ0) is 16.3. The van der Waals surface area contributed by atoms with Crippen molar-refractivity contribution in [2.75, 3.05) is 20.7 Å². The van der Waals surface area contributed by atoms with E-state index in [0.29, 0.717) is 20.8 Å². The molecule has 2 amide bonds. The van der Waals surface area contributed by atoms with Gasteiger partial charge in [0.2, 0.25) is 0 Å². The molecule has 0 bridgehead atoms. The second-order valence-electron chi connectivity index (χ2n) is 4.43. The molecule has 1 aromatic rings. The molecule has 116 valence electrons. The average Bonchev–Trinajstić information content (AvgIpc) is 2.74. The summed E-state index contributed by atoms with van der Waals surface area (Å²) < 4.78 is 5.17. The Balaban J connectivity index is 2.21. The first-order valence-corrected chi connectivity index (χ1v) is 7.47. The maximum Gasteiger partial charge on any atom is 0.266 e. The number of hydrogen-bond donors (Lipinski definition) is 1. The summed E-state index contributed by atoms with van der Waals surface area (Å²) in [4.78, 5) is 28.8. The topological polar surface area (TPSA) is 85.0 Å². The van der Waals surface area contributed by atoms with Gasteiger partial charge in [0.15, 0.2) is 11.8 Å². The third-order valence-corrected chi connectivity index (χ3v) is 4.27. The van der Waals surface area contributed by atoms with Gasteiger partial charge in [-0.3, -0.25) is 19.5 Å². The average molecular weight is 340 g/mol. The molecule has 1 aliphatic heterocycles. The summed E-state index contributed by atoms with van der Waals surface area (Å²) in [5.74, 6) is -0.332. The van der Waals surface area contributed by atoms with E-state index >= 15 is 0 Å². The molecule has 2 rings (SSSR count). The number of primary amides is 1. The third kappa shape index (κ3) is 3.61. The van der Waals surface area contributed by atoms with Gasteiger partial charge in [-0.15, -0.1) is 0 Å². The second-order valence-corrected chi connectivity index (χ2v) is 5.84. The highest BCUT2D eigenvalue weighted by molar-refractivity contribution is 8.18. The fourth-order valence-corrected chi connectivity index (χ4v) is 2.94. The van der Waals surface area contributed by atoms with Crippen molar-refractivity contribution in [1.82, 2.24) is 4.90 Å². The minimum Gasteiger partial charge on any atom is -0.482 e. The van der Waals surface area contributed by atoms with E-state index in [1.54, 1.807) is 38.4 Å². The molecule has 6 nitrogen and oxygen atoms in total. The maximum absolute atomic E-state index is 12.1. The monoisotopic (exact) mass is 339 g/mol. The molecule has 0 spiro atoms. The zero-order valence-corrected chi connectivity index (χ0v) is 13.6. The molecule has 22 heavy (non-hydrogen) atoms. The Kier molecular flexibility index (Phi) is 5.10. The molecule has 0 atom stereocenters. The zero-order valence-electron chi connectivity index (χ0n) is 12.0. The molecule has 0 unspecified atom stereocenters. The standard InChI is InChI=1S/C14H14ClN3O3S/c1-17-14-18(2)13(20)11(22-14)6-8-3-4-10(9(15)5-8)21-7-12(16)19/h3-6H,7H2,1-2H3,(H2,16,19). The summed E-state index contributed by atoms with van der Waals surface area (Å²) in [5.41, 5.74) is 5.76. The fourth-order valence-electron chi connectivity index (χ4n) is 1.77. The third-order valence-electron chi connectivity index (χ3n) is 2.82. The van der Waals surface area contributed by atoms with Crippen molar-refractivity contribution >= 4 is 46.4 Å². The number of nitrogens with two attached hydrogens (primary N) is 1. The summed E-state index contributed by atoms with van der Waals surface area (Å²) >= 11 is 7.38. The highest BCUT2D eigenvalue weighted by Crippen LogP contribution is 2.33. The summed E-state index contributed by atoms with van der Waals surface area (Å²) in [5, 5.41) is 0.979. The number of amidine groups is 1. The van der Waals surface area contributed by atoms with Crippen LogP contribution in [0.1, 0.15) is 5.56 Å². The fraction of sp³-hybridized carbons (Fsp3) is 0.214. The molecule has 1 saturated heterocycles. The van der Waals surface area contributed by atoms with Gasteiger partial charge in [-0.05, 0) is 35.5 Å². The molecule has 1 heterocycles. The van der Waals surface area contributed by atoms with Crippen molar-refractivity contribution in [2.24, 2.45) is 10.7 Å². The lowest BCUT2D eigenvalue weighted by Gasteiger charge is -2.07. The number of amides is 2. The Hall–Kier alpha value is -1.99. The van der Waals surface area contributed by atoms with Gasteiger partial charge in [0, 0.05) is 14.1 Å². The minimum atomic E-state index is -0.579. The van der Waals surface area contributed by atoms with Gasteiger partial charge in [0.05, 0.1) is 9.93 Å². The van der Waals surface area contributed by atoms with E-state index in [4.69, 9.17) is 22.1 Å². The number of carbonyl (C=O) groups is 2. The van der Waals surface area contributed by atoms with Crippen molar-refractivity contribution in [3.8, 4) is 5.75 Å². The van der Waals surface area contributed by atoms with Crippen molar-refractivity contribution in [1.29, 1.82) is 0 Å². The van der Waals surface area contributed by atoms with Gasteiger partial charge < -0.3 is 10.5 Å². The SMILES string of the molecule is CN=C1SC(=Cc2ccc(OCC(N)=O)c(Cl)c2)C(=O)N1C. The predicted octanol–water partition coefficient (Wildman–Crippen LogP) is 1.74. The van der Waals surface area contributed by atoms with Gasteiger partial charge in [0.25, 0.3) is 11.8 Å². The van der Waals surface area contributed by atoms with E-state index in [1.807, 2.05) is 0 Å². The lowest BCUT2D eigenvalue weighted by molar-refractivity contribution is -0.121. The maximum atomic E-state index is 12.1. The Morgan fingerprint density at radius 3 is 2.82 bits per heavy atom. The first kappa shape index (κ1) is 16.4. The van der Waals surface area contributed by atoms with Crippen molar-refractivity contribution in [3.05, 3.63) is 33.7 Å². The van der Waals surface area contributed by atoms with E-state index in [9.17, 15) is 9.59 Å². The number of aliphatic imine (C=N–C) groups is 1. The molecular weight excluding hydrogens is 326 g/mol. The lowest BCUT2D eigenvalue weighted by atomic mass is 10.2. The van der Waals surface area contributed by atoms with Crippen LogP contribution in [-0.4, -0.2) is 42.6 Å². The van der Waals surface area contributed by atoms with Crippen LogP contribution in [0.4, 0.5) is 0 Å². The predicted molar refractivity (Wildman–Crippen MR) is 87.8 cm³/mol. The summed E-state index contributed by atoms with van der Waals surface area (Å²) in [7, 11) is 3.31.